The predicted octanol–water partition coefficient (Wildman–Crippen LogP) is 2.81. The van der Waals surface area contributed by atoms with Gasteiger partial charge in [0.25, 0.3) is 0 Å². The second-order valence-electron chi connectivity index (χ2n) is 6.93. The van der Waals surface area contributed by atoms with Crippen LogP contribution >= 0.6 is 0 Å². The number of hydrogen-bond acceptors (Lipinski definition) is 5. The molecule has 30 heavy (non-hydrogen) atoms. The average molecular weight is 432 g/mol. The van der Waals surface area contributed by atoms with Gasteiger partial charge in [-0.05, 0) is 19.8 Å². The van der Waals surface area contributed by atoms with E-state index < -0.39 is 12.8 Å². The number of alkyl halides is 3. The first-order valence-corrected chi connectivity index (χ1v) is 10.0. The Kier molecular flexibility index (Phi) is 9.35. The number of rotatable bonds is 10. The molecule has 1 saturated heterocycles. The van der Waals surface area contributed by atoms with E-state index >= 15 is 0 Å². The van der Waals surface area contributed by atoms with Crippen LogP contribution in [0.2, 0.25) is 0 Å². The summed E-state index contributed by atoms with van der Waals surface area (Å²) in [5.74, 6) is 2.13. The molecule has 1 aliphatic heterocycles. The first-order valence-electron chi connectivity index (χ1n) is 10.0. The van der Waals surface area contributed by atoms with E-state index in [0.717, 1.165) is 36.7 Å². The molecular weight excluding hydrogens is 401 g/mol. The van der Waals surface area contributed by atoms with Gasteiger partial charge in [0.1, 0.15) is 18.1 Å². The van der Waals surface area contributed by atoms with E-state index in [2.05, 4.69) is 25.3 Å². The predicted molar refractivity (Wildman–Crippen MR) is 111 cm³/mol. The van der Waals surface area contributed by atoms with E-state index in [9.17, 15) is 13.2 Å². The average Bonchev–Trinajstić information content (AvgIpc) is 3.18. The van der Waals surface area contributed by atoms with Gasteiger partial charge in [0.15, 0.2) is 5.96 Å². The number of nitrogens with one attached hydrogen (secondary N) is 2. The zero-order chi connectivity index (χ0) is 22.0. The molecule has 1 aromatic rings. The molecule has 0 amide bonds. The lowest BCUT2D eigenvalue weighted by Crippen LogP contribution is -2.44. The number of aliphatic imine (C=N–C) groups is 1. The molecule has 0 bridgehead atoms. The molecule has 1 unspecified atom stereocenters. The Morgan fingerprint density at radius 1 is 1.20 bits per heavy atom. The van der Waals surface area contributed by atoms with Crippen LogP contribution in [0, 0.1) is 0 Å². The molecular formula is C20H31F3N4O3. The molecule has 170 valence electrons. The summed E-state index contributed by atoms with van der Waals surface area (Å²) in [7, 11) is 3.25. The lowest BCUT2D eigenvalue weighted by molar-refractivity contribution is -0.173. The second-order valence-corrected chi connectivity index (χ2v) is 6.93. The molecule has 0 saturated carbocycles. The van der Waals surface area contributed by atoms with Crippen LogP contribution in [0.3, 0.4) is 0 Å². The highest BCUT2D eigenvalue weighted by atomic mass is 19.4. The standard InChI is InChI=1S/C20H31F3N4O3/c1-4-24-19(25-7-5-9-30-14-20(21,22)23)26-15-6-8-27(13-15)16-10-17(28-2)12-18(11-16)29-3/h10-12,15H,4-9,13-14H2,1-3H3,(H2,24,25,26). The van der Waals surface area contributed by atoms with Crippen LogP contribution in [0.5, 0.6) is 11.5 Å². The summed E-state index contributed by atoms with van der Waals surface area (Å²) in [5, 5.41) is 6.58. The van der Waals surface area contributed by atoms with Crippen LogP contribution in [0.4, 0.5) is 18.9 Å². The van der Waals surface area contributed by atoms with Crippen LogP contribution in [-0.2, 0) is 4.74 Å². The third-order valence-electron chi connectivity index (χ3n) is 4.56. The summed E-state index contributed by atoms with van der Waals surface area (Å²) < 4.78 is 51.5. The molecule has 0 radical (unpaired) electrons. The zero-order valence-corrected chi connectivity index (χ0v) is 17.7. The van der Waals surface area contributed by atoms with E-state index in [1.165, 1.54) is 0 Å². The van der Waals surface area contributed by atoms with Crippen molar-refractivity contribution < 1.29 is 27.4 Å². The molecule has 7 nitrogen and oxygen atoms in total. The molecule has 0 spiro atoms. The Morgan fingerprint density at radius 3 is 2.50 bits per heavy atom. The van der Waals surface area contributed by atoms with Crippen LogP contribution in [0.15, 0.2) is 23.2 Å². The Balaban J connectivity index is 1.85. The van der Waals surface area contributed by atoms with Gasteiger partial charge < -0.3 is 29.7 Å². The van der Waals surface area contributed by atoms with Gasteiger partial charge in [0.2, 0.25) is 0 Å². The van der Waals surface area contributed by atoms with Crippen LogP contribution in [0.1, 0.15) is 19.8 Å². The first-order chi connectivity index (χ1) is 14.3. The highest BCUT2D eigenvalue weighted by molar-refractivity contribution is 5.80. The maximum atomic E-state index is 12.1. The molecule has 1 heterocycles. The Morgan fingerprint density at radius 2 is 1.90 bits per heavy atom. The molecule has 0 aliphatic carbocycles. The Bertz CT molecular complexity index is 664. The molecule has 10 heteroatoms. The van der Waals surface area contributed by atoms with E-state index in [0.29, 0.717) is 25.5 Å². The minimum absolute atomic E-state index is 0.0251. The van der Waals surface area contributed by atoms with Gasteiger partial charge in [0.05, 0.1) is 14.2 Å². The SMILES string of the molecule is CCNC(=NCCCOCC(F)(F)F)NC1CCN(c2cc(OC)cc(OC)c2)C1. The van der Waals surface area contributed by atoms with Gasteiger partial charge in [0, 0.05) is 62.7 Å². The topological polar surface area (TPSA) is 67.4 Å². The third-order valence-corrected chi connectivity index (χ3v) is 4.56. The van der Waals surface area contributed by atoms with Gasteiger partial charge in [-0.3, -0.25) is 4.99 Å². The molecule has 1 aromatic carbocycles. The number of hydrogen-bond donors (Lipinski definition) is 2. The lowest BCUT2D eigenvalue weighted by Gasteiger charge is -2.21. The smallest absolute Gasteiger partial charge is 0.411 e. The number of benzene rings is 1. The number of methoxy groups -OCH3 is 2. The minimum Gasteiger partial charge on any atom is -0.497 e. The van der Waals surface area contributed by atoms with Crippen molar-refractivity contribution in [2.75, 3.05) is 58.5 Å². The lowest BCUT2D eigenvalue weighted by atomic mass is 10.2. The highest BCUT2D eigenvalue weighted by Crippen LogP contribution is 2.30. The summed E-state index contributed by atoms with van der Waals surface area (Å²) in [6.45, 7) is 3.51. The van der Waals surface area contributed by atoms with Crippen LogP contribution in [-0.4, -0.2) is 71.8 Å². The summed E-state index contributed by atoms with van der Waals surface area (Å²) >= 11 is 0. The summed E-state index contributed by atoms with van der Waals surface area (Å²) in [4.78, 5) is 6.69. The fourth-order valence-corrected chi connectivity index (χ4v) is 3.15. The van der Waals surface area contributed by atoms with Crippen molar-refractivity contribution in [2.24, 2.45) is 4.99 Å². The van der Waals surface area contributed by atoms with Gasteiger partial charge in [-0.15, -0.1) is 0 Å². The fraction of sp³-hybridized carbons (Fsp3) is 0.650. The second kappa shape index (κ2) is 11.7. The summed E-state index contributed by atoms with van der Waals surface area (Å²) in [6, 6.07) is 5.99. The zero-order valence-electron chi connectivity index (χ0n) is 17.7. The Hall–Kier alpha value is -2.36. The van der Waals surface area contributed by atoms with Crippen molar-refractivity contribution in [2.45, 2.75) is 32.0 Å². The quantitative estimate of drug-likeness (QED) is 0.337. The monoisotopic (exact) mass is 432 g/mol. The van der Waals surface area contributed by atoms with E-state index in [1.54, 1.807) is 14.2 Å². The summed E-state index contributed by atoms with van der Waals surface area (Å²) in [5.41, 5.74) is 1.03. The van der Waals surface area contributed by atoms with Crippen molar-refractivity contribution in [1.82, 2.24) is 10.6 Å². The maximum absolute atomic E-state index is 12.1. The normalized spacial score (nSPS) is 17.2. The van der Waals surface area contributed by atoms with Gasteiger partial charge in [-0.25, -0.2) is 0 Å². The number of anilines is 1. The molecule has 2 rings (SSSR count). The van der Waals surface area contributed by atoms with Crippen molar-refractivity contribution >= 4 is 11.6 Å². The minimum atomic E-state index is -4.29. The number of nitrogens with zero attached hydrogens (tertiary/aromatic N) is 2. The van der Waals surface area contributed by atoms with Crippen molar-refractivity contribution in [3.63, 3.8) is 0 Å². The summed E-state index contributed by atoms with van der Waals surface area (Å²) in [6.07, 6.45) is -2.94. The maximum Gasteiger partial charge on any atom is 0.411 e. The largest absolute Gasteiger partial charge is 0.497 e. The highest BCUT2D eigenvalue weighted by Gasteiger charge is 2.27. The molecule has 0 aromatic heterocycles. The molecule has 1 aliphatic rings. The van der Waals surface area contributed by atoms with Crippen molar-refractivity contribution in [1.29, 1.82) is 0 Å². The van der Waals surface area contributed by atoms with Crippen molar-refractivity contribution in [3.05, 3.63) is 18.2 Å². The van der Waals surface area contributed by atoms with Crippen LogP contribution < -0.4 is 25.0 Å². The van der Waals surface area contributed by atoms with Gasteiger partial charge in [-0.1, -0.05) is 0 Å². The molecule has 1 fully saturated rings. The van der Waals surface area contributed by atoms with E-state index in [-0.39, 0.29) is 12.6 Å². The number of ether oxygens (including phenoxy) is 3. The number of halogens is 3. The van der Waals surface area contributed by atoms with Gasteiger partial charge in [-0.2, -0.15) is 13.2 Å². The number of guanidine groups is 1. The molecule has 1 atom stereocenters. The third kappa shape index (κ3) is 8.17. The van der Waals surface area contributed by atoms with E-state index in [4.69, 9.17) is 9.47 Å². The van der Waals surface area contributed by atoms with Crippen LogP contribution in [0.25, 0.3) is 0 Å². The first kappa shape index (κ1) is 23.9. The Labute approximate surface area is 175 Å². The van der Waals surface area contributed by atoms with Gasteiger partial charge >= 0.3 is 6.18 Å². The van der Waals surface area contributed by atoms with Crippen molar-refractivity contribution in [3.8, 4) is 11.5 Å². The molecule has 2 N–H and O–H groups in total. The fourth-order valence-electron chi connectivity index (χ4n) is 3.15. The van der Waals surface area contributed by atoms with E-state index in [1.807, 2.05) is 25.1 Å².